The molecule has 1 aromatic rings. The number of nitrogen functional groups attached to an aromatic ring is 1. The molecule has 0 spiro atoms. The molecule has 0 radical (unpaired) electrons. The average Bonchev–Trinajstić information content (AvgIpc) is 2.41. The SMILES string of the molecule is CCOc1ccc(C(=O)NCCS(=O)(=O)NC)cc1N. The molecule has 0 saturated heterocycles. The molecule has 0 saturated carbocycles. The maximum Gasteiger partial charge on any atom is 0.251 e. The number of amides is 1. The van der Waals surface area contributed by atoms with Gasteiger partial charge in [-0.3, -0.25) is 4.79 Å². The molecule has 20 heavy (non-hydrogen) atoms. The van der Waals surface area contributed by atoms with Gasteiger partial charge in [-0.2, -0.15) is 0 Å². The minimum Gasteiger partial charge on any atom is -0.492 e. The third kappa shape index (κ3) is 4.71. The van der Waals surface area contributed by atoms with Gasteiger partial charge >= 0.3 is 0 Å². The third-order valence-corrected chi connectivity index (χ3v) is 3.90. The number of hydrogen-bond donors (Lipinski definition) is 3. The summed E-state index contributed by atoms with van der Waals surface area (Å²) in [6, 6.07) is 4.67. The summed E-state index contributed by atoms with van der Waals surface area (Å²) in [6.07, 6.45) is 0. The van der Waals surface area contributed by atoms with E-state index in [9.17, 15) is 13.2 Å². The van der Waals surface area contributed by atoms with Crippen molar-refractivity contribution in [2.45, 2.75) is 6.92 Å². The summed E-state index contributed by atoms with van der Waals surface area (Å²) >= 11 is 0. The van der Waals surface area contributed by atoms with E-state index in [1.54, 1.807) is 12.1 Å². The maximum absolute atomic E-state index is 11.8. The lowest BCUT2D eigenvalue weighted by Gasteiger charge is -2.09. The van der Waals surface area contributed by atoms with E-state index < -0.39 is 10.0 Å². The smallest absolute Gasteiger partial charge is 0.251 e. The van der Waals surface area contributed by atoms with Gasteiger partial charge in [0.1, 0.15) is 5.75 Å². The van der Waals surface area contributed by atoms with E-state index in [1.165, 1.54) is 13.1 Å². The topological polar surface area (TPSA) is 111 Å². The molecule has 0 unspecified atom stereocenters. The molecule has 0 fully saturated rings. The van der Waals surface area contributed by atoms with Crippen LogP contribution in [0.5, 0.6) is 5.75 Å². The Kier molecular flexibility index (Phi) is 5.78. The number of nitrogens with one attached hydrogen (secondary N) is 2. The standard InChI is InChI=1S/C12H19N3O4S/c1-3-19-11-5-4-9(8-10(11)13)12(16)15-6-7-20(17,18)14-2/h4-5,8,14H,3,6-7,13H2,1-2H3,(H,15,16). The fraction of sp³-hybridized carbons (Fsp3) is 0.417. The van der Waals surface area contributed by atoms with Crippen molar-refractivity contribution < 1.29 is 17.9 Å². The summed E-state index contributed by atoms with van der Waals surface area (Å²) in [4.78, 5) is 11.8. The molecule has 0 atom stereocenters. The van der Waals surface area contributed by atoms with E-state index in [0.717, 1.165) is 0 Å². The molecule has 0 bridgehead atoms. The van der Waals surface area contributed by atoms with Crippen molar-refractivity contribution in [1.82, 2.24) is 10.0 Å². The summed E-state index contributed by atoms with van der Waals surface area (Å²) in [5, 5.41) is 2.51. The number of hydrogen-bond acceptors (Lipinski definition) is 5. The number of benzene rings is 1. The number of sulfonamides is 1. The predicted molar refractivity (Wildman–Crippen MR) is 77.2 cm³/mol. The van der Waals surface area contributed by atoms with Crippen LogP contribution in [0.2, 0.25) is 0 Å². The summed E-state index contributed by atoms with van der Waals surface area (Å²) in [5.41, 5.74) is 6.47. The van der Waals surface area contributed by atoms with E-state index in [2.05, 4.69) is 10.0 Å². The number of carbonyl (C=O) groups excluding carboxylic acids is 1. The molecule has 1 rings (SSSR count). The predicted octanol–water partition coefficient (Wildman–Crippen LogP) is -0.0535. The summed E-state index contributed by atoms with van der Waals surface area (Å²) in [6.45, 7) is 2.34. The fourth-order valence-corrected chi connectivity index (χ4v) is 2.05. The lowest BCUT2D eigenvalue weighted by atomic mass is 10.2. The quantitative estimate of drug-likeness (QED) is 0.611. The minimum atomic E-state index is -3.33. The van der Waals surface area contributed by atoms with Gasteiger partial charge in [-0.15, -0.1) is 0 Å². The first-order valence-corrected chi connectivity index (χ1v) is 7.76. The molecule has 0 aliphatic carbocycles. The molecular weight excluding hydrogens is 282 g/mol. The summed E-state index contributed by atoms with van der Waals surface area (Å²) in [5.74, 6) is -0.0465. The highest BCUT2D eigenvalue weighted by atomic mass is 32.2. The van der Waals surface area contributed by atoms with Gasteiger partial charge in [0.2, 0.25) is 10.0 Å². The first-order chi connectivity index (χ1) is 9.39. The zero-order valence-electron chi connectivity index (χ0n) is 11.5. The van der Waals surface area contributed by atoms with Crippen LogP contribution in [-0.2, 0) is 10.0 Å². The fourth-order valence-electron chi connectivity index (χ4n) is 1.48. The van der Waals surface area contributed by atoms with Crippen LogP contribution in [0, 0.1) is 0 Å². The Morgan fingerprint density at radius 2 is 2.10 bits per heavy atom. The van der Waals surface area contributed by atoms with Crippen molar-refractivity contribution in [2.75, 3.05) is 31.7 Å². The van der Waals surface area contributed by atoms with Crippen molar-refractivity contribution in [3.05, 3.63) is 23.8 Å². The normalized spacial score (nSPS) is 11.1. The van der Waals surface area contributed by atoms with Crippen LogP contribution in [0.1, 0.15) is 17.3 Å². The van der Waals surface area contributed by atoms with E-state index >= 15 is 0 Å². The Bertz CT molecular complexity index is 572. The Balaban J connectivity index is 2.62. The van der Waals surface area contributed by atoms with Crippen molar-refractivity contribution in [1.29, 1.82) is 0 Å². The van der Waals surface area contributed by atoms with Gasteiger partial charge in [0.15, 0.2) is 0 Å². The molecule has 0 aliphatic heterocycles. The lowest BCUT2D eigenvalue weighted by molar-refractivity contribution is 0.0956. The van der Waals surface area contributed by atoms with Crippen LogP contribution >= 0.6 is 0 Å². The second kappa shape index (κ2) is 7.11. The number of ether oxygens (including phenoxy) is 1. The first kappa shape index (κ1) is 16.3. The molecule has 0 aliphatic rings. The molecule has 0 aromatic heterocycles. The van der Waals surface area contributed by atoms with Crippen LogP contribution in [0.25, 0.3) is 0 Å². The highest BCUT2D eigenvalue weighted by Crippen LogP contribution is 2.22. The highest BCUT2D eigenvalue weighted by molar-refractivity contribution is 7.89. The number of nitrogens with two attached hydrogens (primary N) is 1. The van der Waals surface area contributed by atoms with Gasteiger partial charge in [0.25, 0.3) is 5.91 Å². The van der Waals surface area contributed by atoms with E-state index in [-0.39, 0.29) is 18.2 Å². The van der Waals surface area contributed by atoms with E-state index in [0.29, 0.717) is 23.6 Å². The monoisotopic (exact) mass is 301 g/mol. The number of rotatable bonds is 7. The molecule has 4 N–H and O–H groups in total. The molecule has 7 nitrogen and oxygen atoms in total. The molecule has 1 amide bonds. The lowest BCUT2D eigenvalue weighted by Crippen LogP contribution is -2.32. The van der Waals surface area contributed by atoms with Crippen molar-refractivity contribution in [2.24, 2.45) is 0 Å². The highest BCUT2D eigenvalue weighted by Gasteiger charge is 2.11. The van der Waals surface area contributed by atoms with Gasteiger partial charge in [-0.05, 0) is 32.2 Å². The van der Waals surface area contributed by atoms with Gasteiger partial charge < -0.3 is 15.8 Å². The molecule has 8 heteroatoms. The molecule has 0 heterocycles. The average molecular weight is 301 g/mol. The van der Waals surface area contributed by atoms with Crippen molar-refractivity contribution in [3.8, 4) is 5.75 Å². The molecule has 112 valence electrons. The second-order valence-corrected chi connectivity index (χ2v) is 6.01. The molecular formula is C12H19N3O4S. The van der Waals surface area contributed by atoms with Crippen LogP contribution in [0.3, 0.4) is 0 Å². The second-order valence-electron chi connectivity index (χ2n) is 3.96. The van der Waals surface area contributed by atoms with Crippen LogP contribution in [0.4, 0.5) is 5.69 Å². The summed E-state index contributed by atoms with van der Waals surface area (Å²) in [7, 11) is -2.01. The Morgan fingerprint density at radius 1 is 1.40 bits per heavy atom. The van der Waals surface area contributed by atoms with E-state index in [1.807, 2.05) is 6.92 Å². The van der Waals surface area contributed by atoms with Crippen LogP contribution < -0.4 is 20.5 Å². The Labute approximate surface area is 118 Å². The van der Waals surface area contributed by atoms with Gasteiger partial charge in [-0.25, -0.2) is 13.1 Å². The largest absolute Gasteiger partial charge is 0.492 e. The number of carbonyl (C=O) groups is 1. The first-order valence-electron chi connectivity index (χ1n) is 6.11. The third-order valence-electron chi connectivity index (χ3n) is 2.54. The van der Waals surface area contributed by atoms with E-state index in [4.69, 9.17) is 10.5 Å². The summed E-state index contributed by atoms with van der Waals surface area (Å²) < 4.78 is 29.8. The van der Waals surface area contributed by atoms with Gasteiger partial charge in [0.05, 0.1) is 18.0 Å². The van der Waals surface area contributed by atoms with Crippen molar-refractivity contribution in [3.63, 3.8) is 0 Å². The van der Waals surface area contributed by atoms with Crippen molar-refractivity contribution >= 4 is 21.6 Å². The number of anilines is 1. The van der Waals surface area contributed by atoms with Crippen LogP contribution in [-0.4, -0.2) is 40.3 Å². The Hall–Kier alpha value is -1.80. The van der Waals surface area contributed by atoms with Gasteiger partial charge in [0, 0.05) is 12.1 Å². The molecule has 1 aromatic carbocycles. The zero-order chi connectivity index (χ0) is 15.2. The van der Waals surface area contributed by atoms with Gasteiger partial charge in [-0.1, -0.05) is 0 Å². The zero-order valence-corrected chi connectivity index (χ0v) is 12.3. The minimum absolute atomic E-state index is 0.0229. The Morgan fingerprint density at radius 3 is 2.65 bits per heavy atom. The van der Waals surface area contributed by atoms with Crippen LogP contribution in [0.15, 0.2) is 18.2 Å². The maximum atomic E-state index is 11.8.